The van der Waals surface area contributed by atoms with Crippen LogP contribution in [-0.2, 0) is 58.9 Å². The van der Waals surface area contributed by atoms with Crippen LogP contribution in [0.2, 0.25) is 0 Å². The maximum Gasteiger partial charge on any atom is 0.274 e. The molecule has 1 rings (SSSR count). The van der Waals surface area contributed by atoms with Gasteiger partial charge in [0.05, 0.1) is 24.8 Å². The van der Waals surface area contributed by atoms with Gasteiger partial charge in [0.25, 0.3) is 47.8 Å². The highest BCUT2D eigenvalue weighted by molar-refractivity contribution is 7.86. The van der Waals surface area contributed by atoms with Gasteiger partial charge in [-0.1, -0.05) is 30.3 Å². The molecule has 0 fully saturated rings. The first kappa shape index (κ1) is 38.8. The molecule has 2 amide bonds. The summed E-state index contributed by atoms with van der Waals surface area (Å²) in [5, 5.41) is 5.13. The first-order chi connectivity index (χ1) is 19.6. The lowest BCUT2D eigenvalue weighted by molar-refractivity contribution is -0.223. The zero-order valence-electron chi connectivity index (χ0n) is 24.6. The number of nitrogens with two attached hydrogens (primary N) is 3. The Bertz CT molecular complexity index is 1360. The average molecular weight is 674 g/mol. The highest BCUT2D eigenvalue weighted by atomic mass is 32.2. The summed E-state index contributed by atoms with van der Waals surface area (Å²) in [6, 6.07) is 8.54. The monoisotopic (exact) mass is 673 g/mol. The van der Waals surface area contributed by atoms with Crippen LogP contribution in [0.15, 0.2) is 30.3 Å². The molecule has 0 aromatic heterocycles. The molecule has 0 spiro atoms. The Hall–Kier alpha value is -2.23. The van der Waals surface area contributed by atoms with E-state index in [-0.39, 0.29) is 44.3 Å². The number of carbonyl (C=O) groups excluding carboxylic acids is 2. The van der Waals surface area contributed by atoms with Crippen LogP contribution in [0, 0.1) is 0 Å². The summed E-state index contributed by atoms with van der Waals surface area (Å²) < 4.78 is 87.4. The van der Waals surface area contributed by atoms with Crippen LogP contribution in [-0.4, -0.2) is 92.5 Å². The van der Waals surface area contributed by atoms with Crippen LogP contribution in [0.5, 0.6) is 0 Å². The van der Waals surface area contributed by atoms with Crippen molar-refractivity contribution in [2.45, 2.75) is 69.0 Å². The van der Waals surface area contributed by atoms with Gasteiger partial charge in [0, 0.05) is 19.0 Å². The van der Waals surface area contributed by atoms with Crippen molar-refractivity contribution < 1.29 is 47.4 Å². The summed E-state index contributed by atoms with van der Waals surface area (Å²) in [6.45, 7) is 1.48. The van der Waals surface area contributed by atoms with Crippen molar-refractivity contribution >= 4 is 42.2 Å². The first-order valence-corrected chi connectivity index (χ1v) is 18.7. The molecule has 3 atom stereocenters. The number of unbranched alkanes of at least 4 members (excludes halogenated alkanes) is 1. The van der Waals surface area contributed by atoms with E-state index in [4.69, 9.17) is 29.8 Å². The molecule has 0 saturated carbocycles. The molecule has 0 aliphatic heterocycles. The summed E-state index contributed by atoms with van der Waals surface area (Å²) in [6.07, 6.45) is 1.88. The topological polar surface area (TPSA) is 266 Å². The number of rotatable bonds is 20. The molecule has 0 heterocycles. The highest BCUT2D eigenvalue weighted by Gasteiger charge is 2.63. The number of benzene rings is 1. The van der Waals surface area contributed by atoms with Crippen LogP contribution >= 0.6 is 0 Å². The lowest BCUT2D eigenvalue weighted by atomic mass is 9.97. The molecule has 1 aromatic carbocycles. The van der Waals surface area contributed by atoms with Crippen LogP contribution in [0.4, 0.5) is 0 Å². The molecule has 8 N–H and O–H groups in total. The second-order valence-electron chi connectivity index (χ2n) is 10.2. The van der Waals surface area contributed by atoms with E-state index in [1.807, 2.05) is 37.3 Å². The molecular formula is C24H43N5O11S3. The Morgan fingerprint density at radius 2 is 1.42 bits per heavy atom. The predicted octanol–water partition coefficient (Wildman–Crippen LogP) is -1.63. The van der Waals surface area contributed by atoms with Gasteiger partial charge in [0.15, 0.2) is 0 Å². The summed E-state index contributed by atoms with van der Waals surface area (Å²) in [5.41, 5.74) is 15.2. The normalized spacial score (nSPS) is 15.7. The fourth-order valence-electron chi connectivity index (χ4n) is 4.07. The Morgan fingerprint density at radius 1 is 0.884 bits per heavy atom. The number of nitrogens with one attached hydrogen (secondary N) is 2. The first-order valence-electron chi connectivity index (χ1n) is 13.2. The standard InChI is InChI=1S/C24H43N5O11S3/c1-18(17-19-11-6-5-7-12-19)29-21(30)20(26)13-8-9-16-28-22(31)24(27,40-43(4,36)37)23(14-10-15-25,38-41(2,32)33)39-42(3,34)35/h5-7,11-12,18,20H,8-10,13-17,25-27H2,1-4H3,(H,28,31)(H,29,30)/t18-,20-,24+/m0/s1. The van der Waals surface area contributed by atoms with E-state index in [1.165, 1.54) is 0 Å². The number of hydrogen-bond donors (Lipinski definition) is 5. The Labute approximate surface area is 253 Å². The summed E-state index contributed by atoms with van der Waals surface area (Å²) >= 11 is 0. The van der Waals surface area contributed by atoms with Crippen molar-refractivity contribution in [1.29, 1.82) is 0 Å². The molecule has 1 aromatic rings. The molecule has 0 bridgehead atoms. The minimum absolute atomic E-state index is 0.171. The van der Waals surface area contributed by atoms with E-state index in [9.17, 15) is 34.8 Å². The molecule has 0 radical (unpaired) electrons. The van der Waals surface area contributed by atoms with Crippen LogP contribution < -0.4 is 27.8 Å². The van der Waals surface area contributed by atoms with Crippen LogP contribution in [0.25, 0.3) is 0 Å². The quantitative estimate of drug-likeness (QED) is 0.0591. The minimum Gasteiger partial charge on any atom is -0.352 e. The van der Waals surface area contributed by atoms with Gasteiger partial charge in [-0.05, 0) is 51.1 Å². The van der Waals surface area contributed by atoms with Crippen molar-refractivity contribution in [3.63, 3.8) is 0 Å². The zero-order valence-corrected chi connectivity index (χ0v) is 27.1. The van der Waals surface area contributed by atoms with E-state index >= 15 is 0 Å². The molecule has 0 aliphatic carbocycles. The third-order valence-corrected chi connectivity index (χ3v) is 7.52. The van der Waals surface area contributed by atoms with E-state index in [1.54, 1.807) is 0 Å². The molecule has 43 heavy (non-hydrogen) atoms. The summed E-state index contributed by atoms with van der Waals surface area (Å²) in [7, 11) is -14.0. The maximum absolute atomic E-state index is 13.3. The Morgan fingerprint density at radius 3 is 1.91 bits per heavy atom. The van der Waals surface area contributed by atoms with Crippen molar-refractivity contribution in [3.05, 3.63) is 35.9 Å². The fourth-order valence-corrected chi connectivity index (χ4v) is 6.25. The third-order valence-electron chi connectivity index (χ3n) is 5.81. The molecule has 0 aliphatic rings. The molecule has 16 nitrogen and oxygen atoms in total. The van der Waals surface area contributed by atoms with Gasteiger partial charge in [0.1, 0.15) is 0 Å². The van der Waals surface area contributed by atoms with Gasteiger partial charge >= 0.3 is 0 Å². The number of carbonyl (C=O) groups is 2. The van der Waals surface area contributed by atoms with Crippen LogP contribution in [0.1, 0.15) is 44.6 Å². The summed E-state index contributed by atoms with van der Waals surface area (Å²) in [5.74, 6) is -5.02. The predicted molar refractivity (Wildman–Crippen MR) is 158 cm³/mol. The van der Waals surface area contributed by atoms with Gasteiger partial charge in [-0.25, -0.2) is 12.5 Å². The molecular weight excluding hydrogens is 630 g/mol. The lowest BCUT2D eigenvalue weighted by Crippen LogP contribution is -2.73. The van der Waals surface area contributed by atoms with Crippen molar-refractivity contribution in [3.8, 4) is 0 Å². The minimum atomic E-state index is -4.66. The zero-order chi connectivity index (χ0) is 33.1. The SMILES string of the molecule is C[C@@H](Cc1ccccc1)NC(=O)[C@@H](N)CCCCNC(=O)[C@@](N)(OS(C)(=O)=O)C(CCCN)(OS(C)(=O)=O)OS(C)(=O)=O. The molecule has 0 saturated heterocycles. The lowest BCUT2D eigenvalue weighted by Gasteiger charge is -2.42. The summed E-state index contributed by atoms with van der Waals surface area (Å²) in [4.78, 5) is 25.8. The number of hydrogen-bond acceptors (Lipinski definition) is 14. The van der Waals surface area contributed by atoms with E-state index < -0.39 is 60.2 Å². The van der Waals surface area contributed by atoms with Gasteiger partial charge in [-0.3, -0.25) is 15.3 Å². The Balaban J connectivity index is 3.00. The molecule has 248 valence electrons. The van der Waals surface area contributed by atoms with E-state index in [0.29, 0.717) is 31.6 Å². The van der Waals surface area contributed by atoms with Gasteiger partial charge in [-0.2, -0.15) is 25.3 Å². The fraction of sp³-hybridized carbons (Fsp3) is 0.667. The highest BCUT2D eigenvalue weighted by Crippen LogP contribution is 2.36. The second-order valence-corrected chi connectivity index (χ2v) is 14.9. The molecule has 19 heteroatoms. The second kappa shape index (κ2) is 16.2. The van der Waals surface area contributed by atoms with Crippen molar-refractivity contribution in [2.75, 3.05) is 31.9 Å². The van der Waals surface area contributed by atoms with Gasteiger partial charge in [0.2, 0.25) is 5.91 Å². The number of amides is 2. The Kier molecular flexibility index (Phi) is 14.6. The van der Waals surface area contributed by atoms with E-state index in [2.05, 4.69) is 10.6 Å². The molecule has 0 unspecified atom stereocenters. The van der Waals surface area contributed by atoms with Gasteiger partial charge < -0.3 is 22.1 Å². The largest absolute Gasteiger partial charge is 0.352 e. The third kappa shape index (κ3) is 14.0. The smallest absolute Gasteiger partial charge is 0.274 e. The van der Waals surface area contributed by atoms with Crippen molar-refractivity contribution in [2.24, 2.45) is 17.2 Å². The van der Waals surface area contributed by atoms with Crippen LogP contribution in [0.3, 0.4) is 0 Å². The van der Waals surface area contributed by atoms with Gasteiger partial charge in [-0.15, -0.1) is 0 Å². The maximum atomic E-state index is 13.3. The van der Waals surface area contributed by atoms with E-state index in [0.717, 1.165) is 5.56 Å². The average Bonchev–Trinajstić information content (AvgIpc) is 2.84. The van der Waals surface area contributed by atoms with Crippen molar-refractivity contribution in [1.82, 2.24) is 10.6 Å².